The lowest BCUT2D eigenvalue weighted by atomic mass is 10.0. The molecule has 0 unspecified atom stereocenters. The Kier molecular flexibility index (Phi) is 4.67. The maximum Gasteiger partial charge on any atom is 0.328 e. The lowest BCUT2D eigenvalue weighted by Crippen LogP contribution is -1.98. The molecule has 5 heteroatoms. The minimum absolute atomic E-state index is 0.234. The third kappa shape index (κ3) is 4.00. The zero-order valence-electron chi connectivity index (χ0n) is 10.4. The summed E-state index contributed by atoms with van der Waals surface area (Å²) in [5.74, 6) is -0.995. The van der Waals surface area contributed by atoms with Gasteiger partial charge in [0.05, 0.1) is 4.90 Å². The van der Waals surface area contributed by atoms with Crippen LogP contribution in [0.25, 0.3) is 5.57 Å². The summed E-state index contributed by atoms with van der Waals surface area (Å²) in [5.41, 5.74) is 1.44. The molecule has 18 heavy (non-hydrogen) atoms. The Bertz CT molecular complexity index is 553. The van der Waals surface area contributed by atoms with Gasteiger partial charge in [-0.25, -0.2) is 13.2 Å². The van der Waals surface area contributed by atoms with Gasteiger partial charge < -0.3 is 5.11 Å². The van der Waals surface area contributed by atoms with Gasteiger partial charge in [0.25, 0.3) is 0 Å². The number of allylic oxidation sites excluding steroid dienone is 1. The Labute approximate surface area is 107 Å². The number of carboxylic acid groups (broad SMARTS) is 1. The van der Waals surface area contributed by atoms with Crippen LogP contribution in [0.1, 0.15) is 25.3 Å². The van der Waals surface area contributed by atoms with Crippen molar-refractivity contribution in [1.82, 2.24) is 0 Å². The topological polar surface area (TPSA) is 71.4 Å². The summed E-state index contributed by atoms with van der Waals surface area (Å²) >= 11 is 0. The average Bonchev–Trinajstić information content (AvgIpc) is 2.27. The van der Waals surface area contributed by atoms with Crippen LogP contribution in [0.2, 0.25) is 0 Å². The molecule has 0 fully saturated rings. The number of sulfone groups is 1. The molecular formula is C13H16O4S. The highest BCUT2D eigenvalue weighted by Crippen LogP contribution is 2.21. The van der Waals surface area contributed by atoms with Gasteiger partial charge in [-0.1, -0.05) is 25.5 Å². The molecule has 0 radical (unpaired) electrons. The quantitative estimate of drug-likeness (QED) is 0.832. The second-order valence-electron chi connectivity index (χ2n) is 4.05. The van der Waals surface area contributed by atoms with E-state index >= 15 is 0 Å². The number of carbonyl (C=O) groups is 1. The summed E-state index contributed by atoms with van der Waals surface area (Å²) in [7, 11) is -3.22. The van der Waals surface area contributed by atoms with Gasteiger partial charge in [-0.3, -0.25) is 0 Å². The SMILES string of the molecule is CCC/C(=C\C(=O)O)c1ccc(S(C)(=O)=O)cc1. The second-order valence-corrected chi connectivity index (χ2v) is 6.07. The third-order valence-corrected chi connectivity index (χ3v) is 3.60. The summed E-state index contributed by atoms with van der Waals surface area (Å²) in [6, 6.07) is 6.27. The van der Waals surface area contributed by atoms with E-state index in [0.29, 0.717) is 12.0 Å². The number of hydrogen-bond acceptors (Lipinski definition) is 3. The van der Waals surface area contributed by atoms with Gasteiger partial charge in [-0.05, 0) is 29.7 Å². The molecule has 1 aromatic carbocycles. The molecule has 98 valence electrons. The fourth-order valence-electron chi connectivity index (χ4n) is 1.63. The molecule has 4 nitrogen and oxygen atoms in total. The van der Waals surface area contributed by atoms with Crippen LogP contribution >= 0.6 is 0 Å². The van der Waals surface area contributed by atoms with E-state index in [2.05, 4.69) is 0 Å². The zero-order chi connectivity index (χ0) is 13.8. The fourth-order valence-corrected chi connectivity index (χ4v) is 2.26. The van der Waals surface area contributed by atoms with E-state index in [-0.39, 0.29) is 4.90 Å². The van der Waals surface area contributed by atoms with Gasteiger partial charge in [0, 0.05) is 12.3 Å². The number of rotatable bonds is 5. The molecule has 0 aliphatic carbocycles. The molecule has 0 saturated carbocycles. The first kappa shape index (κ1) is 14.4. The van der Waals surface area contributed by atoms with Crippen molar-refractivity contribution in [2.45, 2.75) is 24.7 Å². The maximum absolute atomic E-state index is 11.3. The van der Waals surface area contributed by atoms with Crippen LogP contribution in [-0.4, -0.2) is 25.7 Å². The molecule has 0 atom stereocenters. The standard InChI is InChI=1S/C13H16O4S/c1-3-4-11(9-13(14)15)10-5-7-12(8-6-10)18(2,16)17/h5-9H,3-4H2,1-2H3,(H,14,15)/b11-9+. The first-order valence-electron chi connectivity index (χ1n) is 5.58. The van der Waals surface area contributed by atoms with Crippen molar-refractivity contribution in [3.8, 4) is 0 Å². The molecule has 1 N–H and O–H groups in total. The normalized spacial score (nSPS) is 12.4. The summed E-state index contributed by atoms with van der Waals surface area (Å²) < 4.78 is 22.6. The van der Waals surface area contributed by atoms with Crippen molar-refractivity contribution in [3.05, 3.63) is 35.9 Å². The Morgan fingerprint density at radius 2 is 1.83 bits per heavy atom. The lowest BCUT2D eigenvalue weighted by molar-refractivity contribution is -0.131. The van der Waals surface area contributed by atoms with Crippen LogP contribution in [0.15, 0.2) is 35.2 Å². The molecule has 0 aromatic heterocycles. The van der Waals surface area contributed by atoms with Gasteiger partial charge in [-0.2, -0.15) is 0 Å². The molecule has 0 heterocycles. The Morgan fingerprint density at radius 1 is 1.28 bits per heavy atom. The number of carboxylic acids is 1. The molecule has 0 bridgehead atoms. The molecule has 0 aliphatic rings. The second kappa shape index (κ2) is 5.82. The molecule has 0 spiro atoms. The van der Waals surface area contributed by atoms with E-state index in [1.54, 1.807) is 12.1 Å². The van der Waals surface area contributed by atoms with Crippen LogP contribution in [0.4, 0.5) is 0 Å². The van der Waals surface area contributed by atoms with Crippen molar-refractivity contribution in [1.29, 1.82) is 0 Å². The number of aliphatic carboxylic acids is 1. The van der Waals surface area contributed by atoms with Crippen molar-refractivity contribution in [2.75, 3.05) is 6.26 Å². The predicted molar refractivity (Wildman–Crippen MR) is 70.1 cm³/mol. The predicted octanol–water partition coefficient (Wildman–Crippen LogP) is 2.36. The van der Waals surface area contributed by atoms with Crippen LogP contribution in [0.5, 0.6) is 0 Å². The zero-order valence-corrected chi connectivity index (χ0v) is 11.2. The van der Waals surface area contributed by atoms with Crippen LogP contribution < -0.4 is 0 Å². The van der Waals surface area contributed by atoms with E-state index in [4.69, 9.17) is 5.11 Å². The van der Waals surface area contributed by atoms with Crippen LogP contribution in [-0.2, 0) is 14.6 Å². The first-order chi connectivity index (χ1) is 8.34. The summed E-state index contributed by atoms with van der Waals surface area (Å²) in [6.45, 7) is 1.96. The summed E-state index contributed by atoms with van der Waals surface area (Å²) in [5, 5.41) is 8.78. The first-order valence-corrected chi connectivity index (χ1v) is 7.47. The van der Waals surface area contributed by atoms with Crippen molar-refractivity contribution in [3.63, 3.8) is 0 Å². The van der Waals surface area contributed by atoms with Gasteiger partial charge >= 0.3 is 5.97 Å². The fraction of sp³-hybridized carbons (Fsp3) is 0.308. The van der Waals surface area contributed by atoms with Gasteiger partial charge in [0.15, 0.2) is 9.84 Å². The van der Waals surface area contributed by atoms with Gasteiger partial charge in [0.1, 0.15) is 0 Å². The number of benzene rings is 1. The minimum Gasteiger partial charge on any atom is -0.478 e. The van der Waals surface area contributed by atoms with E-state index in [9.17, 15) is 13.2 Å². The van der Waals surface area contributed by atoms with Gasteiger partial charge in [0.2, 0.25) is 0 Å². The van der Waals surface area contributed by atoms with E-state index < -0.39 is 15.8 Å². The molecule has 0 saturated heterocycles. The molecule has 0 amide bonds. The molecular weight excluding hydrogens is 252 g/mol. The van der Waals surface area contributed by atoms with E-state index in [1.807, 2.05) is 6.92 Å². The molecule has 1 aromatic rings. The summed E-state index contributed by atoms with van der Waals surface area (Å²) in [4.78, 5) is 10.9. The minimum atomic E-state index is -3.22. The number of hydrogen-bond donors (Lipinski definition) is 1. The van der Waals surface area contributed by atoms with Crippen LogP contribution in [0, 0.1) is 0 Å². The highest BCUT2D eigenvalue weighted by molar-refractivity contribution is 7.90. The van der Waals surface area contributed by atoms with Gasteiger partial charge in [-0.15, -0.1) is 0 Å². The van der Waals surface area contributed by atoms with Crippen molar-refractivity contribution < 1.29 is 18.3 Å². The Hall–Kier alpha value is -1.62. The molecule has 0 aliphatic heterocycles. The smallest absolute Gasteiger partial charge is 0.328 e. The Balaban J connectivity index is 3.13. The third-order valence-electron chi connectivity index (χ3n) is 2.47. The lowest BCUT2D eigenvalue weighted by Gasteiger charge is -2.06. The van der Waals surface area contributed by atoms with Crippen molar-refractivity contribution in [2.24, 2.45) is 0 Å². The van der Waals surface area contributed by atoms with Crippen LogP contribution in [0.3, 0.4) is 0 Å². The summed E-state index contributed by atoms with van der Waals surface area (Å²) in [6.07, 6.45) is 3.78. The highest BCUT2D eigenvalue weighted by atomic mass is 32.2. The maximum atomic E-state index is 11.3. The highest BCUT2D eigenvalue weighted by Gasteiger charge is 2.08. The Morgan fingerprint density at radius 3 is 2.22 bits per heavy atom. The van der Waals surface area contributed by atoms with E-state index in [1.165, 1.54) is 18.2 Å². The van der Waals surface area contributed by atoms with Crippen molar-refractivity contribution >= 4 is 21.4 Å². The molecule has 1 rings (SSSR count). The largest absolute Gasteiger partial charge is 0.478 e. The monoisotopic (exact) mass is 268 g/mol. The van der Waals surface area contributed by atoms with E-state index in [0.717, 1.165) is 18.2 Å². The average molecular weight is 268 g/mol.